The van der Waals surface area contributed by atoms with Crippen molar-refractivity contribution < 1.29 is 0 Å². The number of aromatic amines is 1. The van der Waals surface area contributed by atoms with Crippen LogP contribution in [0.3, 0.4) is 0 Å². The first kappa shape index (κ1) is 14.7. The Morgan fingerprint density at radius 3 is 2.50 bits per heavy atom. The van der Waals surface area contributed by atoms with Gasteiger partial charge in [-0.1, -0.05) is 41.4 Å². The smallest absolute Gasteiger partial charge is 0.216 e. The molecule has 0 amide bonds. The molecule has 0 atom stereocenters. The van der Waals surface area contributed by atoms with Crippen molar-refractivity contribution in [1.82, 2.24) is 14.9 Å². The predicted molar refractivity (Wildman–Crippen MR) is 92.0 cm³/mol. The second-order valence-electron chi connectivity index (χ2n) is 4.83. The summed E-state index contributed by atoms with van der Waals surface area (Å²) in [5.41, 5.74) is 3.09. The summed E-state index contributed by atoms with van der Waals surface area (Å²) in [5.74, 6) is 0.644. The summed E-state index contributed by atoms with van der Waals surface area (Å²) in [6.07, 6.45) is 1.75. The molecule has 0 saturated heterocycles. The van der Waals surface area contributed by atoms with Crippen molar-refractivity contribution in [2.45, 2.75) is 6.92 Å². The molecule has 0 spiro atoms. The first-order valence-corrected chi connectivity index (χ1v) is 7.46. The van der Waals surface area contributed by atoms with E-state index < -0.39 is 0 Å². The molecule has 2 aromatic carbocycles. The van der Waals surface area contributed by atoms with Crippen LogP contribution in [0, 0.1) is 11.7 Å². The number of hydrogen-bond acceptors (Lipinski definition) is 3. The molecule has 6 heteroatoms. The minimum Gasteiger partial charge on any atom is -0.250 e. The van der Waals surface area contributed by atoms with E-state index in [-0.39, 0.29) is 0 Å². The molecule has 110 valence electrons. The van der Waals surface area contributed by atoms with Crippen LogP contribution in [0.4, 0.5) is 0 Å². The SMILES string of the molecule is Cc1ccc(C=Nn2c(-c3ccc(Cl)cc3)n[nH]c2=S)cc1. The van der Waals surface area contributed by atoms with E-state index >= 15 is 0 Å². The second kappa shape index (κ2) is 6.25. The summed E-state index contributed by atoms with van der Waals surface area (Å²) in [6, 6.07) is 15.5. The van der Waals surface area contributed by atoms with Gasteiger partial charge >= 0.3 is 0 Å². The average molecular weight is 329 g/mol. The summed E-state index contributed by atoms with van der Waals surface area (Å²) in [6.45, 7) is 2.05. The summed E-state index contributed by atoms with van der Waals surface area (Å²) >= 11 is 11.2. The quantitative estimate of drug-likeness (QED) is 0.570. The lowest BCUT2D eigenvalue weighted by atomic mass is 10.2. The van der Waals surface area contributed by atoms with Crippen LogP contribution in [0.15, 0.2) is 53.6 Å². The van der Waals surface area contributed by atoms with Gasteiger partial charge in [-0.05, 0) is 49.0 Å². The third-order valence-corrected chi connectivity index (χ3v) is 3.67. The minimum absolute atomic E-state index is 0.438. The molecule has 4 nitrogen and oxygen atoms in total. The first-order valence-electron chi connectivity index (χ1n) is 6.68. The molecule has 3 aromatic rings. The lowest BCUT2D eigenvalue weighted by Crippen LogP contribution is -1.95. The van der Waals surface area contributed by atoms with Crippen LogP contribution < -0.4 is 0 Å². The minimum atomic E-state index is 0.438. The Hall–Kier alpha value is -2.24. The van der Waals surface area contributed by atoms with Crippen LogP contribution >= 0.6 is 23.8 Å². The fourth-order valence-electron chi connectivity index (χ4n) is 1.96. The van der Waals surface area contributed by atoms with Crippen LogP contribution in [0.2, 0.25) is 5.02 Å². The molecule has 1 N–H and O–H groups in total. The van der Waals surface area contributed by atoms with Crippen molar-refractivity contribution in [3.05, 3.63) is 69.5 Å². The second-order valence-corrected chi connectivity index (χ2v) is 5.65. The van der Waals surface area contributed by atoms with E-state index in [2.05, 4.69) is 15.3 Å². The molecule has 0 fully saturated rings. The van der Waals surface area contributed by atoms with Gasteiger partial charge in [0.1, 0.15) is 0 Å². The topological polar surface area (TPSA) is 46.0 Å². The molecule has 0 bridgehead atoms. The highest BCUT2D eigenvalue weighted by molar-refractivity contribution is 7.71. The normalized spacial score (nSPS) is 11.2. The highest BCUT2D eigenvalue weighted by atomic mass is 35.5. The van der Waals surface area contributed by atoms with Crippen molar-refractivity contribution in [3.63, 3.8) is 0 Å². The van der Waals surface area contributed by atoms with Gasteiger partial charge in [0, 0.05) is 10.6 Å². The summed E-state index contributed by atoms with van der Waals surface area (Å²) in [7, 11) is 0. The van der Waals surface area contributed by atoms with E-state index in [4.69, 9.17) is 23.8 Å². The third-order valence-electron chi connectivity index (χ3n) is 3.15. The highest BCUT2D eigenvalue weighted by Crippen LogP contribution is 2.19. The summed E-state index contributed by atoms with van der Waals surface area (Å²) in [5, 5.41) is 12.1. The number of H-pyrrole nitrogens is 1. The van der Waals surface area contributed by atoms with Gasteiger partial charge in [-0.2, -0.15) is 14.9 Å². The number of benzene rings is 2. The Kier molecular flexibility index (Phi) is 4.18. The maximum atomic E-state index is 5.91. The zero-order valence-corrected chi connectivity index (χ0v) is 13.4. The first-order chi connectivity index (χ1) is 10.6. The van der Waals surface area contributed by atoms with Crippen molar-refractivity contribution in [2.24, 2.45) is 5.10 Å². The van der Waals surface area contributed by atoms with Crippen LogP contribution in [0.25, 0.3) is 11.4 Å². The third kappa shape index (κ3) is 3.16. The number of hydrogen-bond donors (Lipinski definition) is 1. The van der Waals surface area contributed by atoms with Gasteiger partial charge in [0.2, 0.25) is 4.77 Å². The molecule has 0 unspecified atom stereocenters. The van der Waals surface area contributed by atoms with Gasteiger partial charge in [0.05, 0.1) is 6.21 Å². The van der Waals surface area contributed by atoms with Gasteiger partial charge in [-0.3, -0.25) is 0 Å². The molecule has 1 aromatic heterocycles. The van der Waals surface area contributed by atoms with E-state index in [1.165, 1.54) is 5.56 Å². The van der Waals surface area contributed by atoms with Gasteiger partial charge in [-0.15, -0.1) is 0 Å². The summed E-state index contributed by atoms with van der Waals surface area (Å²) in [4.78, 5) is 0. The number of aryl methyl sites for hydroxylation is 1. The monoisotopic (exact) mass is 328 g/mol. The Balaban J connectivity index is 1.97. The Labute approximate surface area is 138 Å². The standard InChI is InChI=1S/C16H13ClN4S/c1-11-2-4-12(5-3-11)10-18-21-15(19-20-16(21)22)13-6-8-14(17)9-7-13/h2-10H,1H3,(H,20,22). The molecule has 0 saturated carbocycles. The van der Waals surface area contributed by atoms with E-state index in [0.29, 0.717) is 15.6 Å². The largest absolute Gasteiger partial charge is 0.250 e. The molecule has 0 aliphatic carbocycles. The maximum Gasteiger partial charge on any atom is 0.216 e. The Morgan fingerprint density at radius 2 is 1.82 bits per heavy atom. The lowest BCUT2D eigenvalue weighted by Gasteiger charge is -2.01. The molecule has 0 aliphatic rings. The van der Waals surface area contributed by atoms with Crippen LogP contribution in [0.1, 0.15) is 11.1 Å². The Bertz CT molecular complexity index is 860. The molecule has 0 radical (unpaired) electrons. The lowest BCUT2D eigenvalue weighted by molar-refractivity contribution is 0.871. The molecule has 1 heterocycles. The molecule has 3 rings (SSSR count). The summed E-state index contributed by atoms with van der Waals surface area (Å²) < 4.78 is 2.03. The molecule has 0 aliphatic heterocycles. The average Bonchev–Trinajstić information content (AvgIpc) is 2.89. The van der Waals surface area contributed by atoms with Gasteiger partial charge in [0.25, 0.3) is 0 Å². The van der Waals surface area contributed by atoms with Crippen molar-refractivity contribution in [3.8, 4) is 11.4 Å². The molecular weight excluding hydrogens is 316 g/mol. The van der Waals surface area contributed by atoms with Crippen LogP contribution in [0.5, 0.6) is 0 Å². The van der Waals surface area contributed by atoms with Gasteiger partial charge < -0.3 is 0 Å². The van der Waals surface area contributed by atoms with Gasteiger partial charge in [0.15, 0.2) is 5.82 Å². The number of halogens is 1. The highest BCUT2D eigenvalue weighted by Gasteiger charge is 2.07. The molecular formula is C16H13ClN4S. The predicted octanol–water partition coefficient (Wildman–Crippen LogP) is 4.45. The van der Waals surface area contributed by atoms with Crippen molar-refractivity contribution >= 4 is 30.0 Å². The van der Waals surface area contributed by atoms with E-state index in [1.54, 1.807) is 10.9 Å². The molecule has 22 heavy (non-hydrogen) atoms. The number of rotatable bonds is 3. The maximum absolute atomic E-state index is 5.91. The van der Waals surface area contributed by atoms with Crippen molar-refractivity contribution in [2.75, 3.05) is 0 Å². The number of nitrogens with one attached hydrogen (secondary N) is 1. The van der Waals surface area contributed by atoms with Crippen LogP contribution in [-0.4, -0.2) is 21.1 Å². The Morgan fingerprint density at radius 1 is 1.14 bits per heavy atom. The zero-order valence-electron chi connectivity index (χ0n) is 11.8. The zero-order chi connectivity index (χ0) is 15.5. The van der Waals surface area contributed by atoms with Gasteiger partial charge in [-0.25, -0.2) is 5.10 Å². The fraction of sp³-hybridized carbons (Fsp3) is 0.0625. The van der Waals surface area contributed by atoms with Crippen molar-refractivity contribution in [1.29, 1.82) is 0 Å². The fourth-order valence-corrected chi connectivity index (χ4v) is 2.27. The number of aromatic nitrogens is 3. The van der Waals surface area contributed by atoms with Crippen LogP contribution in [-0.2, 0) is 0 Å². The van der Waals surface area contributed by atoms with E-state index in [0.717, 1.165) is 11.1 Å². The number of nitrogens with zero attached hydrogens (tertiary/aromatic N) is 3. The van der Waals surface area contributed by atoms with E-state index in [1.807, 2.05) is 55.5 Å². The van der Waals surface area contributed by atoms with E-state index in [9.17, 15) is 0 Å².